The first kappa shape index (κ1) is 17.8. The molecule has 0 bridgehead atoms. The zero-order valence-corrected chi connectivity index (χ0v) is 16.2. The number of rotatable bonds is 4. The first-order valence-electron chi connectivity index (χ1n) is 7.62. The molecule has 0 saturated carbocycles. The van der Waals surface area contributed by atoms with Crippen LogP contribution in [0.15, 0.2) is 51.8 Å². The third kappa shape index (κ3) is 3.96. The summed E-state index contributed by atoms with van der Waals surface area (Å²) < 4.78 is 5.99. The molecule has 0 aromatic heterocycles. The Morgan fingerprint density at radius 2 is 1.88 bits per heavy atom. The van der Waals surface area contributed by atoms with E-state index in [1.807, 2.05) is 49.4 Å². The number of ether oxygens (including phenoxy) is 1. The van der Waals surface area contributed by atoms with Crippen molar-refractivity contribution in [2.24, 2.45) is 0 Å². The van der Waals surface area contributed by atoms with Crippen LogP contribution in [-0.4, -0.2) is 23.2 Å². The van der Waals surface area contributed by atoms with Crippen LogP contribution in [0, 0.1) is 6.92 Å². The van der Waals surface area contributed by atoms with Crippen LogP contribution in [0.2, 0.25) is 0 Å². The smallest absolute Gasteiger partial charge is 0.293 e. The van der Waals surface area contributed by atoms with Crippen LogP contribution in [0.25, 0.3) is 6.08 Å². The Bertz CT molecular complexity index is 861. The molecule has 0 spiro atoms. The van der Waals surface area contributed by atoms with E-state index in [1.54, 1.807) is 13.2 Å². The van der Waals surface area contributed by atoms with Crippen molar-refractivity contribution < 1.29 is 14.3 Å². The Morgan fingerprint density at radius 1 is 1.16 bits per heavy atom. The van der Waals surface area contributed by atoms with E-state index in [4.69, 9.17) is 4.74 Å². The van der Waals surface area contributed by atoms with Crippen molar-refractivity contribution in [2.75, 3.05) is 7.11 Å². The monoisotopic (exact) mass is 417 g/mol. The van der Waals surface area contributed by atoms with Gasteiger partial charge in [-0.05, 0) is 64.0 Å². The van der Waals surface area contributed by atoms with Gasteiger partial charge in [-0.25, -0.2) is 0 Å². The number of nitrogens with zero attached hydrogens (tertiary/aromatic N) is 1. The summed E-state index contributed by atoms with van der Waals surface area (Å²) >= 11 is 4.39. The molecule has 0 atom stereocenters. The molecule has 2 aromatic carbocycles. The summed E-state index contributed by atoms with van der Waals surface area (Å²) in [6, 6.07) is 13.3. The minimum Gasteiger partial charge on any atom is -0.496 e. The number of hydrogen-bond donors (Lipinski definition) is 0. The lowest BCUT2D eigenvalue weighted by atomic mass is 10.1. The second-order valence-corrected chi connectivity index (χ2v) is 7.49. The van der Waals surface area contributed by atoms with E-state index in [-0.39, 0.29) is 17.7 Å². The van der Waals surface area contributed by atoms with Crippen LogP contribution in [0.5, 0.6) is 5.75 Å². The highest BCUT2D eigenvalue weighted by Crippen LogP contribution is 2.34. The number of imide groups is 1. The standard InChI is InChI=1S/C19H16BrNO3S/c1-12-3-5-13(6-4-12)11-21-18(22)17(25-19(21)23)10-14-7-8-16(24-2)15(20)9-14/h3-10H,11H2,1-2H3/b17-10-. The SMILES string of the molecule is COc1ccc(/C=C2\SC(=O)N(Cc3ccc(C)cc3)C2=O)cc1Br. The average Bonchev–Trinajstić information content (AvgIpc) is 2.84. The van der Waals surface area contributed by atoms with Crippen molar-refractivity contribution in [3.63, 3.8) is 0 Å². The van der Waals surface area contributed by atoms with Gasteiger partial charge in [-0.3, -0.25) is 14.5 Å². The Labute approximate surface area is 159 Å². The number of carbonyl (C=O) groups is 2. The second kappa shape index (κ2) is 7.45. The van der Waals surface area contributed by atoms with Gasteiger partial charge in [0.1, 0.15) is 5.75 Å². The second-order valence-electron chi connectivity index (χ2n) is 5.65. The number of aryl methyl sites for hydroxylation is 1. The van der Waals surface area contributed by atoms with Gasteiger partial charge in [0.15, 0.2) is 0 Å². The van der Waals surface area contributed by atoms with Crippen LogP contribution < -0.4 is 4.74 Å². The van der Waals surface area contributed by atoms with E-state index in [9.17, 15) is 9.59 Å². The van der Waals surface area contributed by atoms with Crippen molar-refractivity contribution in [3.8, 4) is 5.75 Å². The molecule has 2 amide bonds. The quantitative estimate of drug-likeness (QED) is 0.656. The van der Waals surface area contributed by atoms with Crippen LogP contribution in [0.1, 0.15) is 16.7 Å². The highest BCUT2D eigenvalue weighted by molar-refractivity contribution is 9.10. The van der Waals surface area contributed by atoms with Crippen molar-refractivity contribution in [1.29, 1.82) is 0 Å². The summed E-state index contributed by atoms with van der Waals surface area (Å²) in [6.45, 7) is 2.29. The summed E-state index contributed by atoms with van der Waals surface area (Å²) in [5.74, 6) is 0.451. The summed E-state index contributed by atoms with van der Waals surface area (Å²) in [5, 5.41) is -0.246. The molecule has 3 rings (SSSR count). The van der Waals surface area contributed by atoms with Gasteiger partial charge in [0, 0.05) is 0 Å². The van der Waals surface area contributed by atoms with Crippen LogP contribution >= 0.6 is 27.7 Å². The molecule has 128 valence electrons. The summed E-state index contributed by atoms with van der Waals surface area (Å²) in [5.41, 5.74) is 2.90. The zero-order valence-electron chi connectivity index (χ0n) is 13.8. The molecule has 0 aliphatic carbocycles. The van der Waals surface area contributed by atoms with E-state index < -0.39 is 0 Å². The van der Waals surface area contributed by atoms with Gasteiger partial charge in [-0.2, -0.15) is 0 Å². The van der Waals surface area contributed by atoms with Gasteiger partial charge >= 0.3 is 0 Å². The maximum Gasteiger partial charge on any atom is 0.293 e. The number of amides is 2. The Kier molecular flexibility index (Phi) is 5.30. The van der Waals surface area contributed by atoms with Gasteiger partial charge < -0.3 is 4.74 Å². The number of methoxy groups -OCH3 is 1. The largest absolute Gasteiger partial charge is 0.496 e. The van der Waals surface area contributed by atoms with E-state index in [0.29, 0.717) is 10.7 Å². The first-order valence-corrected chi connectivity index (χ1v) is 9.23. The van der Waals surface area contributed by atoms with E-state index in [1.165, 1.54) is 4.90 Å². The fourth-order valence-electron chi connectivity index (χ4n) is 2.44. The van der Waals surface area contributed by atoms with Crippen LogP contribution in [-0.2, 0) is 11.3 Å². The van der Waals surface area contributed by atoms with Crippen molar-refractivity contribution in [3.05, 3.63) is 68.5 Å². The summed E-state index contributed by atoms with van der Waals surface area (Å²) in [6.07, 6.45) is 1.73. The molecule has 2 aromatic rings. The predicted molar refractivity (Wildman–Crippen MR) is 103 cm³/mol. The van der Waals surface area contributed by atoms with Gasteiger partial charge in [0.05, 0.1) is 23.0 Å². The third-order valence-electron chi connectivity index (χ3n) is 3.81. The van der Waals surface area contributed by atoms with Crippen LogP contribution in [0.3, 0.4) is 0 Å². The van der Waals surface area contributed by atoms with Crippen molar-refractivity contribution >= 4 is 44.9 Å². The maximum absolute atomic E-state index is 12.6. The molecule has 1 fully saturated rings. The predicted octanol–water partition coefficient (Wildman–Crippen LogP) is 5.00. The topological polar surface area (TPSA) is 46.6 Å². The number of hydrogen-bond acceptors (Lipinski definition) is 4. The lowest BCUT2D eigenvalue weighted by molar-refractivity contribution is -0.123. The minimum atomic E-state index is -0.262. The number of halogens is 1. The molecule has 1 aliphatic heterocycles. The Balaban J connectivity index is 1.80. The summed E-state index contributed by atoms with van der Waals surface area (Å²) in [7, 11) is 1.59. The van der Waals surface area contributed by atoms with E-state index in [0.717, 1.165) is 32.9 Å². The molecule has 0 radical (unpaired) electrons. The average molecular weight is 418 g/mol. The van der Waals surface area contributed by atoms with Gasteiger partial charge in [-0.15, -0.1) is 0 Å². The number of carbonyl (C=O) groups excluding carboxylic acids is 2. The molecule has 6 heteroatoms. The highest BCUT2D eigenvalue weighted by Gasteiger charge is 2.34. The molecular formula is C19H16BrNO3S. The fraction of sp³-hybridized carbons (Fsp3) is 0.158. The lowest BCUT2D eigenvalue weighted by Crippen LogP contribution is -2.27. The maximum atomic E-state index is 12.6. The normalized spacial score (nSPS) is 16.0. The zero-order chi connectivity index (χ0) is 18.0. The van der Waals surface area contributed by atoms with Crippen molar-refractivity contribution in [1.82, 2.24) is 4.90 Å². The molecule has 1 aliphatic rings. The molecule has 25 heavy (non-hydrogen) atoms. The summed E-state index contributed by atoms with van der Waals surface area (Å²) in [4.78, 5) is 26.5. The minimum absolute atomic E-state index is 0.246. The Hall–Kier alpha value is -2.05. The van der Waals surface area contributed by atoms with Crippen molar-refractivity contribution in [2.45, 2.75) is 13.5 Å². The number of thioether (sulfide) groups is 1. The highest BCUT2D eigenvalue weighted by atomic mass is 79.9. The molecule has 1 heterocycles. The molecule has 0 unspecified atom stereocenters. The lowest BCUT2D eigenvalue weighted by Gasteiger charge is -2.12. The van der Waals surface area contributed by atoms with E-state index >= 15 is 0 Å². The first-order chi connectivity index (χ1) is 12.0. The molecule has 4 nitrogen and oxygen atoms in total. The Morgan fingerprint density at radius 3 is 2.52 bits per heavy atom. The third-order valence-corrected chi connectivity index (χ3v) is 5.34. The molecular weight excluding hydrogens is 402 g/mol. The fourth-order valence-corrected chi connectivity index (χ4v) is 3.83. The van der Waals surface area contributed by atoms with Gasteiger partial charge in [0.2, 0.25) is 0 Å². The number of benzene rings is 2. The molecule has 1 saturated heterocycles. The van der Waals surface area contributed by atoms with Gasteiger partial charge in [0.25, 0.3) is 11.1 Å². The van der Waals surface area contributed by atoms with Gasteiger partial charge in [-0.1, -0.05) is 35.9 Å². The molecule has 0 N–H and O–H groups in total. The van der Waals surface area contributed by atoms with E-state index in [2.05, 4.69) is 15.9 Å². The van der Waals surface area contributed by atoms with Crippen LogP contribution in [0.4, 0.5) is 4.79 Å².